The summed E-state index contributed by atoms with van der Waals surface area (Å²) in [6.07, 6.45) is 1.20. The molecule has 0 radical (unpaired) electrons. The average Bonchev–Trinajstić information content (AvgIpc) is 3.39. The smallest absolute Gasteiger partial charge is 0.310 e. The predicted octanol–water partition coefficient (Wildman–Crippen LogP) is 2.72. The third-order valence-corrected chi connectivity index (χ3v) is 8.79. The lowest BCUT2D eigenvalue weighted by Crippen LogP contribution is -2.42. The quantitative estimate of drug-likeness (QED) is 0.593. The Morgan fingerprint density at radius 1 is 1.38 bits per heavy atom. The lowest BCUT2D eigenvalue weighted by atomic mass is 10.00. The van der Waals surface area contributed by atoms with Crippen molar-refractivity contribution >= 4 is 49.7 Å². The van der Waals surface area contributed by atoms with E-state index in [1.807, 2.05) is 6.92 Å². The summed E-state index contributed by atoms with van der Waals surface area (Å²) in [7, 11) is -3.57. The fourth-order valence-electron chi connectivity index (χ4n) is 3.13. The van der Waals surface area contributed by atoms with Gasteiger partial charge in [-0.25, -0.2) is 13.4 Å². The van der Waals surface area contributed by atoms with Gasteiger partial charge in [-0.1, -0.05) is 6.07 Å². The van der Waals surface area contributed by atoms with E-state index < -0.39 is 21.9 Å². The van der Waals surface area contributed by atoms with Crippen molar-refractivity contribution < 1.29 is 22.7 Å². The van der Waals surface area contributed by atoms with Gasteiger partial charge in [-0.3, -0.25) is 14.5 Å². The highest BCUT2D eigenvalue weighted by Gasteiger charge is 2.34. The van der Waals surface area contributed by atoms with Crippen LogP contribution in [0.25, 0.3) is 0 Å². The minimum Gasteiger partial charge on any atom is -0.459 e. The lowest BCUT2D eigenvalue weighted by Gasteiger charge is -2.30. The molecule has 0 aliphatic carbocycles. The molecule has 1 atom stereocenters. The van der Waals surface area contributed by atoms with Gasteiger partial charge < -0.3 is 4.74 Å². The van der Waals surface area contributed by atoms with Gasteiger partial charge in [-0.15, -0.1) is 22.7 Å². The van der Waals surface area contributed by atoms with Gasteiger partial charge in [0, 0.05) is 31.9 Å². The molecule has 2 aromatic heterocycles. The number of anilines is 1. The summed E-state index contributed by atoms with van der Waals surface area (Å²) in [5.41, 5.74) is 0.567. The molecule has 1 fully saturated rings. The van der Waals surface area contributed by atoms with Gasteiger partial charge in [0.25, 0.3) is 10.0 Å². The maximum atomic E-state index is 12.7. The molecule has 11 heteroatoms. The van der Waals surface area contributed by atoms with Gasteiger partial charge in [-0.05, 0) is 31.2 Å². The second-order valence-corrected chi connectivity index (χ2v) is 10.6. The van der Waals surface area contributed by atoms with Crippen molar-refractivity contribution in [1.82, 2.24) is 9.29 Å². The molecule has 1 aliphatic heterocycles. The summed E-state index contributed by atoms with van der Waals surface area (Å²) in [6, 6.07) is 3.27. The highest BCUT2D eigenvalue weighted by molar-refractivity contribution is 7.91. The Bertz CT molecular complexity index is 955. The number of ether oxygens (including phenoxy) is 1. The van der Waals surface area contributed by atoms with Crippen molar-refractivity contribution in [1.29, 1.82) is 0 Å². The van der Waals surface area contributed by atoms with Crippen molar-refractivity contribution in [2.24, 2.45) is 5.92 Å². The van der Waals surface area contributed by atoms with Crippen LogP contribution in [0.3, 0.4) is 0 Å². The molecular formula is C18H23N3O5S3. The third kappa shape index (κ3) is 5.03. The number of carbonyl (C=O) groups excluding carboxylic acids is 2. The van der Waals surface area contributed by atoms with Crippen LogP contribution in [0.2, 0.25) is 0 Å². The number of hydrogen-bond acceptors (Lipinski definition) is 8. The molecule has 29 heavy (non-hydrogen) atoms. The molecule has 3 heterocycles. The molecule has 0 bridgehead atoms. The zero-order chi connectivity index (χ0) is 21.0. The Morgan fingerprint density at radius 2 is 2.17 bits per heavy atom. The first-order valence-electron chi connectivity index (χ1n) is 9.25. The number of thiophene rings is 1. The maximum absolute atomic E-state index is 12.7. The Morgan fingerprint density at radius 3 is 2.83 bits per heavy atom. The molecule has 158 valence electrons. The van der Waals surface area contributed by atoms with Crippen LogP contribution in [0.15, 0.2) is 27.1 Å². The Hall–Kier alpha value is -1.82. The standard InChI is InChI=1S/C18H23N3O5S3/c1-3-21(13(2)22)18-19-15(12-28-18)11-26-17(23)14-6-4-8-20(10-14)29(24,25)16-7-5-9-27-16/h5,7,9,12,14H,3-4,6,8,10-11H2,1-2H3. The number of sulfonamides is 1. The topological polar surface area (TPSA) is 96.9 Å². The molecule has 0 saturated carbocycles. The van der Waals surface area contributed by atoms with Crippen molar-refractivity contribution in [2.45, 2.75) is 37.5 Å². The predicted molar refractivity (Wildman–Crippen MR) is 111 cm³/mol. The number of carbonyl (C=O) groups is 2. The zero-order valence-electron chi connectivity index (χ0n) is 16.2. The normalized spacial score (nSPS) is 17.8. The average molecular weight is 458 g/mol. The number of hydrogen-bond donors (Lipinski definition) is 0. The number of aromatic nitrogens is 1. The molecule has 1 amide bonds. The number of amides is 1. The van der Waals surface area contributed by atoms with Crippen LogP contribution < -0.4 is 4.90 Å². The van der Waals surface area contributed by atoms with E-state index >= 15 is 0 Å². The van der Waals surface area contributed by atoms with Gasteiger partial charge in [-0.2, -0.15) is 4.31 Å². The molecule has 2 aromatic rings. The van der Waals surface area contributed by atoms with Crippen molar-refractivity contribution in [2.75, 3.05) is 24.5 Å². The van der Waals surface area contributed by atoms with E-state index in [0.717, 1.165) is 0 Å². The van der Waals surface area contributed by atoms with E-state index in [1.165, 1.54) is 33.9 Å². The molecule has 0 spiro atoms. The van der Waals surface area contributed by atoms with E-state index in [-0.39, 0.29) is 23.3 Å². The molecule has 1 unspecified atom stereocenters. The van der Waals surface area contributed by atoms with E-state index in [9.17, 15) is 18.0 Å². The van der Waals surface area contributed by atoms with Crippen LogP contribution in [0.1, 0.15) is 32.4 Å². The van der Waals surface area contributed by atoms with Gasteiger partial charge >= 0.3 is 5.97 Å². The summed E-state index contributed by atoms with van der Waals surface area (Å²) >= 11 is 2.48. The Balaban J connectivity index is 1.58. The van der Waals surface area contributed by atoms with Crippen molar-refractivity contribution in [3.63, 3.8) is 0 Å². The number of esters is 1. The van der Waals surface area contributed by atoms with Gasteiger partial charge in [0.05, 0.1) is 11.6 Å². The van der Waals surface area contributed by atoms with Gasteiger partial charge in [0.15, 0.2) is 5.13 Å². The first-order chi connectivity index (χ1) is 13.8. The van der Waals surface area contributed by atoms with Crippen LogP contribution in [-0.4, -0.2) is 49.2 Å². The molecule has 1 aliphatic rings. The van der Waals surface area contributed by atoms with Crippen LogP contribution in [0.5, 0.6) is 0 Å². The Kier molecular flexibility index (Phi) is 7.04. The summed E-state index contributed by atoms with van der Waals surface area (Å²) in [4.78, 5) is 30.0. The highest BCUT2D eigenvalue weighted by Crippen LogP contribution is 2.27. The van der Waals surface area contributed by atoms with E-state index in [1.54, 1.807) is 27.8 Å². The first-order valence-corrected chi connectivity index (χ1v) is 12.5. The summed E-state index contributed by atoms with van der Waals surface area (Å²) < 4.78 is 32.4. The van der Waals surface area contributed by atoms with Crippen LogP contribution >= 0.6 is 22.7 Å². The van der Waals surface area contributed by atoms with Crippen molar-refractivity contribution in [3.8, 4) is 0 Å². The molecule has 3 rings (SSSR count). The van der Waals surface area contributed by atoms with Gasteiger partial charge in [0.1, 0.15) is 10.8 Å². The van der Waals surface area contributed by atoms with Crippen molar-refractivity contribution in [3.05, 3.63) is 28.6 Å². The van der Waals surface area contributed by atoms with E-state index in [2.05, 4.69) is 4.98 Å². The lowest BCUT2D eigenvalue weighted by molar-refractivity contribution is -0.151. The number of thiazole rings is 1. The number of rotatable bonds is 7. The second-order valence-electron chi connectivity index (χ2n) is 6.63. The monoisotopic (exact) mass is 457 g/mol. The number of nitrogens with zero attached hydrogens (tertiary/aromatic N) is 3. The minimum absolute atomic E-state index is 0.00102. The SMILES string of the molecule is CCN(C(C)=O)c1nc(COC(=O)C2CCCN(S(=O)(=O)c3cccs3)C2)cs1. The highest BCUT2D eigenvalue weighted by atomic mass is 32.2. The van der Waals surface area contributed by atoms with Crippen LogP contribution in [0.4, 0.5) is 5.13 Å². The number of piperidine rings is 1. The zero-order valence-corrected chi connectivity index (χ0v) is 18.7. The molecular weight excluding hydrogens is 434 g/mol. The fraction of sp³-hybridized carbons (Fsp3) is 0.500. The molecule has 8 nitrogen and oxygen atoms in total. The third-order valence-electron chi connectivity index (χ3n) is 4.64. The van der Waals surface area contributed by atoms with Crippen LogP contribution in [-0.2, 0) is 31.0 Å². The summed E-state index contributed by atoms with van der Waals surface area (Å²) in [5, 5.41) is 4.04. The van der Waals surface area contributed by atoms with Gasteiger partial charge in [0.2, 0.25) is 5.91 Å². The van der Waals surface area contributed by atoms with E-state index in [4.69, 9.17) is 4.74 Å². The molecule has 0 aromatic carbocycles. The summed E-state index contributed by atoms with van der Waals surface area (Å²) in [5.74, 6) is -1.02. The maximum Gasteiger partial charge on any atom is 0.310 e. The molecule has 1 saturated heterocycles. The minimum atomic E-state index is -3.57. The largest absolute Gasteiger partial charge is 0.459 e. The molecule has 0 N–H and O–H groups in total. The fourth-order valence-corrected chi connectivity index (χ4v) is 6.72. The van der Waals surface area contributed by atoms with Crippen LogP contribution in [0, 0.1) is 5.92 Å². The Labute approximate surface area is 178 Å². The van der Waals surface area contributed by atoms with E-state index in [0.29, 0.717) is 36.8 Å². The summed E-state index contributed by atoms with van der Waals surface area (Å²) in [6.45, 7) is 4.37. The second kappa shape index (κ2) is 9.33. The first kappa shape index (κ1) is 21.9.